The number of likely N-dealkylation sites (N-methyl/N-ethyl adjacent to an activating group) is 1. The molecule has 1 aromatic rings. The fourth-order valence-corrected chi connectivity index (χ4v) is 2.37. The van der Waals surface area contributed by atoms with E-state index >= 15 is 0 Å². The summed E-state index contributed by atoms with van der Waals surface area (Å²) in [6.45, 7) is 6.30. The molecule has 0 radical (unpaired) electrons. The van der Waals surface area contributed by atoms with Crippen molar-refractivity contribution in [2.75, 3.05) is 19.6 Å². The van der Waals surface area contributed by atoms with E-state index in [0.717, 1.165) is 0 Å². The molecule has 0 heterocycles. The Kier molecular flexibility index (Phi) is 6.51. The van der Waals surface area contributed by atoms with Crippen LogP contribution < -0.4 is 5.32 Å². The molecule has 6 heteroatoms. The fraction of sp³-hybridized carbons (Fsp3) is 0.467. The molecule has 0 spiro atoms. The standard InChI is InChI=1S/C15H21BrN2O3/c1-4-18(10-15(2,3)21)9-13(19)17-14(20)11-7-5-6-8-12(11)16/h5-8,21H,4,9-10H2,1-3H3,(H,17,19,20). The first-order valence-corrected chi connectivity index (χ1v) is 7.55. The lowest BCUT2D eigenvalue weighted by atomic mass is 10.1. The number of carbonyl (C=O) groups is 2. The summed E-state index contributed by atoms with van der Waals surface area (Å²) in [5.41, 5.74) is -0.473. The molecule has 0 atom stereocenters. The van der Waals surface area contributed by atoms with Crippen LogP contribution in [-0.2, 0) is 4.79 Å². The van der Waals surface area contributed by atoms with Crippen LogP contribution in [0.2, 0.25) is 0 Å². The van der Waals surface area contributed by atoms with E-state index in [2.05, 4.69) is 21.2 Å². The number of nitrogens with one attached hydrogen (secondary N) is 1. The van der Waals surface area contributed by atoms with E-state index in [4.69, 9.17) is 0 Å². The molecule has 2 amide bonds. The van der Waals surface area contributed by atoms with E-state index in [1.54, 1.807) is 43.0 Å². The first-order valence-electron chi connectivity index (χ1n) is 6.76. The third kappa shape index (κ3) is 6.37. The second-order valence-electron chi connectivity index (χ2n) is 5.47. The summed E-state index contributed by atoms with van der Waals surface area (Å²) in [5, 5.41) is 12.1. The van der Waals surface area contributed by atoms with Gasteiger partial charge in [0.15, 0.2) is 0 Å². The molecule has 0 aliphatic carbocycles. The normalized spacial score (nSPS) is 11.5. The number of nitrogens with zero attached hydrogens (tertiary/aromatic N) is 1. The summed E-state index contributed by atoms with van der Waals surface area (Å²) in [6.07, 6.45) is 0. The number of amides is 2. The molecule has 0 fully saturated rings. The zero-order valence-electron chi connectivity index (χ0n) is 12.5. The maximum Gasteiger partial charge on any atom is 0.259 e. The summed E-state index contributed by atoms with van der Waals surface area (Å²) in [5.74, 6) is -0.825. The molecular formula is C15H21BrN2O3. The zero-order chi connectivity index (χ0) is 16.0. The molecule has 1 aromatic carbocycles. The predicted octanol–water partition coefficient (Wildman–Crippen LogP) is 1.80. The fourth-order valence-electron chi connectivity index (χ4n) is 1.91. The van der Waals surface area contributed by atoms with Gasteiger partial charge in [0.05, 0.1) is 17.7 Å². The van der Waals surface area contributed by atoms with Gasteiger partial charge in [-0.3, -0.25) is 19.8 Å². The minimum atomic E-state index is -0.886. The molecule has 0 aromatic heterocycles. The van der Waals surface area contributed by atoms with Crippen LogP contribution in [0, 0.1) is 0 Å². The molecule has 1 rings (SSSR count). The SMILES string of the molecule is CCN(CC(=O)NC(=O)c1ccccc1Br)CC(C)(C)O. The monoisotopic (exact) mass is 356 g/mol. The Bertz CT molecular complexity index is 512. The van der Waals surface area contributed by atoms with Crippen molar-refractivity contribution in [2.45, 2.75) is 26.4 Å². The Labute approximate surface area is 133 Å². The lowest BCUT2D eigenvalue weighted by molar-refractivity contribution is -0.121. The third-order valence-corrected chi connectivity index (χ3v) is 3.49. The molecule has 2 N–H and O–H groups in total. The van der Waals surface area contributed by atoms with Crippen molar-refractivity contribution in [2.24, 2.45) is 0 Å². The van der Waals surface area contributed by atoms with Gasteiger partial charge in [-0.15, -0.1) is 0 Å². The van der Waals surface area contributed by atoms with Crippen molar-refractivity contribution in [1.82, 2.24) is 10.2 Å². The maximum atomic E-state index is 12.0. The van der Waals surface area contributed by atoms with Gasteiger partial charge in [-0.1, -0.05) is 19.1 Å². The van der Waals surface area contributed by atoms with E-state index in [9.17, 15) is 14.7 Å². The highest BCUT2D eigenvalue weighted by atomic mass is 79.9. The summed E-state index contributed by atoms with van der Waals surface area (Å²) in [7, 11) is 0. The van der Waals surface area contributed by atoms with Crippen LogP contribution in [0.4, 0.5) is 0 Å². The van der Waals surface area contributed by atoms with Crippen LogP contribution >= 0.6 is 15.9 Å². The highest BCUT2D eigenvalue weighted by molar-refractivity contribution is 9.10. The van der Waals surface area contributed by atoms with Gasteiger partial charge in [0.1, 0.15) is 0 Å². The lowest BCUT2D eigenvalue weighted by Crippen LogP contribution is -2.45. The average Bonchev–Trinajstić information content (AvgIpc) is 2.36. The Balaban J connectivity index is 2.61. The Morgan fingerprint density at radius 1 is 1.33 bits per heavy atom. The van der Waals surface area contributed by atoms with Gasteiger partial charge in [0.25, 0.3) is 5.91 Å². The summed E-state index contributed by atoms with van der Waals surface area (Å²) in [6, 6.07) is 6.91. The van der Waals surface area contributed by atoms with E-state index in [1.165, 1.54) is 0 Å². The Hall–Kier alpha value is -1.24. The number of rotatable bonds is 6. The Morgan fingerprint density at radius 3 is 2.48 bits per heavy atom. The van der Waals surface area contributed by atoms with Crippen LogP contribution in [0.1, 0.15) is 31.1 Å². The number of benzene rings is 1. The summed E-state index contributed by atoms with van der Waals surface area (Å²) >= 11 is 3.28. The smallest absolute Gasteiger partial charge is 0.259 e. The lowest BCUT2D eigenvalue weighted by Gasteiger charge is -2.27. The second kappa shape index (κ2) is 7.68. The van der Waals surface area contributed by atoms with Gasteiger partial charge in [-0.2, -0.15) is 0 Å². The van der Waals surface area contributed by atoms with Crippen LogP contribution in [0.15, 0.2) is 28.7 Å². The minimum absolute atomic E-state index is 0.0662. The molecule has 0 bridgehead atoms. The van der Waals surface area contributed by atoms with Gasteiger partial charge >= 0.3 is 0 Å². The van der Waals surface area contributed by atoms with E-state index in [1.807, 2.05) is 6.92 Å². The first kappa shape index (κ1) is 17.8. The van der Waals surface area contributed by atoms with Crippen molar-refractivity contribution in [1.29, 1.82) is 0 Å². The van der Waals surface area contributed by atoms with Crippen molar-refractivity contribution in [3.8, 4) is 0 Å². The number of hydrogen-bond donors (Lipinski definition) is 2. The topological polar surface area (TPSA) is 69.6 Å². The molecule has 0 unspecified atom stereocenters. The van der Waals surface area contributed by atoms with Gasteiger partial charge < -0.3 is 5.11 Å². The van der Waals surface area contributed by atoms with E-state index in [-0.39, 0.29) is 12.5 Å². The molecule has 0 saturated heterocycles. The Morgan fingerprint density at radius 2 is 1.95 bits per heavy atom. The number of imide groups is 1. The van der Waals surface area contributed by atoms with Crippen LogP contribution in [0.5, 0.6) is 0 Å². The van der Waals surface area contributed by atoms with Crippen LogP contribution in [0.25, 0.3) is 0 Å². The van der Waals surface area contributed by atoms with Gasteiger partial charge in [-0.05, 0) is 48.5 Å². The quantitative estimate of drug-likeness (QED) is 0.815. The first-order chi connectivity index (χ1) is 9.73. The molecular weight excluding hydrogens is 336 g/mol. The van der Waals surface area contributed by atoms with Gasteiger partial charge in [-0.25, -0.2) is 0 Å². The summed E-state index contributed by atoms with van der Waals surface area (Å²) < 4.78 is 0.638. The van der Waals surface area contributed by atoms with Crippen molar-refractivity contribution < 1.29 is 14.7 Å². The van der Waals surface area contributed by atoms with Crippen molar-refractivity contribution in [3.05, 3.63) is 34.3 Å². The molecule has 0 aliphatic heterocycles. The van der Waals surface area contributed by atoms with Crippen LogP contribution in [-0.4, -0.2) is 47.1 Å². The van der Waals surface area contributed by atoms with Crippen molar-refractivity contribution in [3.63, 3.8) is 0 Å². The molecule has 21 heavy (non-hydrogen) atoms. The maximum absolute atomic E-state index is 12.0. The number of carbonyl (C=O) groups excluding carboxylic acids is 2. The molecule has 0 aliphatic rings. The number of hydrogen-bond acceptors (Lipinski definition) is 4. The summed E-state index contributed by atoms with van der Waals surface area (Å²) in [4.78, 5) is 25.7. The average molecular weight is 357 g/mol. The highest BCUT2D eigenvalue weighted by Crippen LogP contribution is 2.15. The van der Waals surface area contributed by atoms with E-state index in [0.29, 0.717) is 23.1 Å². The zero-order valence-corrected chi connectivity index (χ0v) is 14.1. The molecule has 116 valence electrons. The van der Waals surface area contributed by atoms with E-state index < -0.39 is 11.5 Å². The predicted molar refractivity (Wildman–Crippen MR) is 85.0 cm³/mol. The van der Waals surface area contributed by atoms with Crippen molar-refractivity contribution >= 4 is 27.7 Å². The number of aliphatic hydroxyl groups is 1. The van der Waals surface area contributed by atoms with Gasteiger partial charge in [0, 0.05) is 11.0 Å². The third-order valence-electron chi connectivity index (χ3n) is 2.80. The van der Waals surface area contributed by atoms with Crippen LogP contribution in [0.3, 0.4) is 0 Å². The highest BCUT2D eigenvalue weighted by Gasteiger charge is 2.20. The molecule has 0 saturated carbocycles. The second-order valence-corrected chi connectivity index (χ2v) is 6.33. The number of halogens is 1. The molecule has 5 nitrogen and oxygen atoms in total. The largest absolute Gasteiger partial charge is 0.389 e. The van der Waals surface area contributed by atoms with Gasteiger partial charge in [0.2, 0.25) is 5.91 Å². The minimum Gasteiger partial charge on any atom is -0.389 e.